The van der Waals surface area contributed by atoms with Crippen LogP contribution in [0.4, 0.5) is 0 Å². The summed E-state index contributed by atoms with van der Waals surface area (Å²) in [5.74, 6) is 1.14. The zero-order chi connectivity index (χ0) is 7.68. The molecule has 0 aromatic carbocycles. The minimum absolute atomic E-state index is 0.567. The van der Waals surface area contributed by atoms with Gasteiger partial charge in [-0.1, -0.05) is 0 Å². The number of hydrogen-bond acceptors (Lipinski definition) is 3. The summed E-state index contributed by atoms with van der Waals surface area (Å²) in [5, 5.41) is 7.98. The second kappa shape index (κ2) is 2.19. The van der Waals surface area contributed by atoms with Crippen LogP contribution in [0, 0.1) is 0 Å². The van der Waals surface area contributed by atoms with Crippen LogP contribution in [0.25, 0.3) is 0 Å². The van der Waals surface area contributed by atoms with Crippen LogP contribution < -0.4 is 5.32 Å². The largest absolute Gasteiger partial charge is 0.255 e. The molecule has 0 fully saturated rings. The van der Waals surface area contributed by atoms with Gasteiger partial charge in [-0.3, -0.25) is 4.68 Å². The van der Waals surface area contributed by atoms with Gasteiger partial charge in [-0.15, -0.1) is 5.10 Å². The van der Waals surface area contributed by atoms with E-state index in [0.29, 0.717) is 11.7 Å². The molecule has 1 aromatic heterocycles. The fourth-order valence-corrected chi connectivity index (χ4v) is 0.798. The van der Waals surface area contributed by atoms with E-state index in [1.54, 1.807) is 30.5 Å². The van der Waals surface area contributed by atoms with Crippen LogP contribution in [0.15, 0.2) is 23.7 Å². The predicted molar refractivity (Wildman–Crippen MR) is 38.8 cm³/mol. The molecule has 5 heteroatoms. The van der Waals surface area contributed by atoms with E-state index in [4.69, 9.17) is 0 Å². The highest BCUT2D eigenvalue weighted by atomic mass is 15.3. The van der Waals surface area contributed by atoms with Crippen molar-refractivity contribution in [2.75, 3.05) is 0 Å². The van der Waals surface area contributed by atoms with E-state index < -0.39 is 0 Å². The third-order valence-electron chi connectivity index (χ3n) is 1.26. The summed E-state index contributed by atoms with van der Waals surface area (Å²) in [6.07, 6.45) is 4.85. The molecular formula is C6H6N5. The average Bonchev–Trinajstić information content (AvgIpc) is 2.55. The van der Waals surface area contributed by atoms with Crippen LogP contribution in [0.3, 0.4) is 0 Å². The van der Waals surface area contributed by atoms with Gasteiger partial charge in [0.25, 0.3) is 0 Å². The number of aromatic nitrogens is 3. The first-order valence-corrected chi connectivity index (χ1v) is 3.16. The lowest BCUT2D eigenvalue weighted by atomic mass is 10.5. The van der Waals surface area contributed by atoms with Crippen molar-refractivity contribution in [2.24, 2.45) is 12.0 Å². The number of hydrogen-bond donors (Lipinski definition) is 0. The Morgan fingerprint density at radius 3 is 2.82 bits per heavy atom. The Labute approximate surface area is 63.5 Å². The van der Waals surface area contributed by atoms with Crippen LogP contribution in [0.1, 0.15) is 5.82 Å². The molecule has 1 aromatic rings. The van der Waals surface area contributed by atoms with Gasteiger partial charge in [0.1, 0.15) is 6.33 Å². The van der Waals surface area contributed by atoms with Crippen molar-refractivity contribution < 1.29 is 0 Å². The van der Waals surface area contributed by atoms with E-state index in [-0.39, 0.29) is 0 Å². The van der Waals surface area contributed by atoms with Crippen LogP contribution >= 0.6 is 0 Å². The minimum Gasteiger partial charge on any atom is -0.255 e. The first-order chi connectivity index (χ1) is 5.36. The van der Waals surface area contributed by atoms with Gasteiger partial charge in [-0.25, -0.2) is 15.3 Å². The van der Waals surface area contributed by atoms with Crippen molar-refractivity contribution >= 4 is 5.84 Å². The van der Waals surface area contributed by atoms with Gasteiger partial charge >= 0.3 is 0 Å². The molecule has 0 saturated carbocycles. The first kappa shape index (κ1) is 6.09. The average molecular weight is 148 g/mol. The Bertz CT molecular complexity index is 321. The van der Waals surface area contributed by atoms with Crippen LogP contribution in [-0.2, 0) is 7.05 Å². The van der Waals surface area contributed by atoms with Gasteiger partial charge in [0, 0.05) is 19.4 Å². The molecule has 5 nitrogen and oxygen atoms in total. The van der Waals surface area contributed by atoms with Crippen molar-refractivity contribution in [3.63, 3.8) is 0 Å². The molecule has 0 unspecified atom stereocenters. The molecular weight excluding hydrogens is 142 g/mol. The lowest BCUT2D eigenvalue weighted by molar-refractivity contribution is 0.762. The molecule has 0 spiro atoms. The molecule has 0 N–H and O–H groups in total. The molecule has 55 valence electrons. The van der Waals surface area contributed by atoms with E-state index in [1.165, 1.54) is 0 Å². The Hall–Kier alpha value is -1.65. The summed E-state index contributed by atoms with van der Waals surface area (Å²) in [6.45, 7) is 0. The fraction of sp³-hybridized carbons (Fsp3) is 0.167. The Morgan fingerprint density at radius 2 is 2.27 bits per heavy atom. The standard InChI is InChI=1S/C6H6N5/c1-11-4-9-6(10-11)5-7-2-3-8-5/h2-4H,1H3. The molecule has 0 bridgehead atoms. The van der Waals surface area contributed by atoms with Gasteiger partial charge in [-0.2, -0.15) is 0 Å². The maximum atomic E-state index is 4.03. The van der Waals surface area contributed by atoms with E-state index in [2.05, 4.69) is 20.4 Å². The van der Waals surface area contributed by atoms with E-state index >= 15 is 0 Å². The molecule has 2 heterocycles. The smallest absolute Gasteiger partial charge is 0.218 e. The van der Waals surface area contributed by atoms with Gasteiger partial charge < -0.3 is 0 Å². The number of amidine groups is 1. The van der Waals surface area contributed by atoms with Crippen molar-refractivity contribution in [3.8, 4) is 0 Å². The molecule has 1 aliphatic heterocycles. The third-order valence-corrected chi connectivity index (χ3v) is 1.26. The summed E-state index contributed by atoms with van der Waals surface area (Å²) >= 11 is 0. The quantitative estimate of drug-likeness (QED) is 0.546. The van der Waals surface area contributed by atoms with Gasteiger partial charge in [-0.05, 0) is 0 Å². The van der Waals surface area contributed by atoms with Crippen molar-refractivity contribution in [1.82, 2.24) is 20.1 Å². The molecule has 1 aliphatic rings. The summed E-state index contributed by atoms with van der Waals surface area (Å²) in [5.41, 5.74) is 0. The predicted octanol–water partition coefficient (Wildman–Crippen LogP) is -0.349. The maximum Gasteiger partial charge on any atom is 0.218 e. The number of aryl methyl sites for hydroxylation is 1. The Kier molecular flexibility index (Phi) is 1.21. The van der Waals surface area contributed by atoms with E-state index in [0.717, 1.165) is 0 Å². The summed E-state index contributed by atoms with van der Waals surface area (Å²) < 4.78 is 1.62. The monoisotopic (exact) mass is 148 g/mol. The number of aliphatic imine (C=N–C) groups is 1. The zero-order valence-electron chi connectivity index (χ0n) is 5.97. The number of rotatable bonds is 1. The third kappa shape index (κ3) is 1.000. The first-order valence-electron chi connectivity index (χ1n) is 3.16. The van der Waals surface area contributed by atoms with Gasteiger partial charge in [0.15, 0.2) is 5.84 Å². The SMILES string of the molecule is Cn1cnc(C2=NC=C[N]2)n1. The Balaban J connectivity index is 2.30. The van der Waals surface area contributed by atoms with Gasteiger partial charge in [0.05, 0.1) is 0 Å². The normalized spacial score (nSPS) is 14.8. The van der Waals surface area contributed by atoms with Gasteiger partial charge in [0.2, 0.25) is 5.82 Å². The molecule has 0 saturated heterocycles. The van der Waals surface area contributed by atoms with Crippen molar-refractivity contribution in [1.29, 1.82) is 0 Å². The van der Waals surface area contributed by atoms with Crippen LogP contribution in [-0.4, -0.2) is 20.6 Å². The highest BCUT2D eigenvalue weighted by Crippen LogP contribution is 1.96. The zero-order valence-corrected chi connectivity index (χ0v) is 5.97. The molecule has 11 heavy (non-hydrogen) atoms. The maximum absolute atomic E-state index is 4.03. The summed E-state index contributed by atoms with van der Waals surface area (Å²) in [7, 11) is 1.80. The lowest BCUT2D eigenvalue weighted by Gasteiger charge is -1.89. The molecule has 0 amide bonds. The molecule has 0 aliphatic carbocycles. The highest BCUT2D eigenvalue weighted by Gasteiger charge is 2.09. The summed E-state index contributed by atoms with van der Waals surface area (Å²) in [6, 6.07) is 0. The molecule has 0 atom stereocenters. The topological polar surface area (TPSA) is 57.2 Å². The van der Waals surface area contributed by atoms with Crippen molar-refractivity contribution in [3.05, 3.63) is 24.6 Å². The molecule has 1 radical (unpaired) electrons. The summed E-state index contributed by atoms with van der Waals surface area (Å²) in [4.78, 5) is 7.94. The van der Waals surface area contributed by atoms with E-state index in [9.17, 15) is 0 Å². The van der Waals surface area contributed by atoms with E-state index in [1.807, 2.05) is 0 Å². The van der Waals surface area contributed by atoms with Crippen molar-refractivity contribution in [2.45, 2.75) is 0 Å². The highest BCUT2D eigenvalue weighted by molar-refractivity contribution is 5.97. The lowest BCUT2D eigenvalue weighted by Crippen LogP contribution is -2.10. The second-order valence-electron chi connectivity index (χ2n) is 2.12. The fourth-order valence-electron chi connectivity index (χ4n) is 0.798. The van der Waals surface area contributed by atoms with Crippen LogP contribution in [0.5, 0.6) is 0 Å². The minimum atomic E-state index is 0.567. The van der Waals surface area contributed by atoms with Crippen LogP contribution in [0.2, 0.25) is 0 Å². The number of nitrogens with zero attached hydrogens (tertiary/aromatic N) is 5. The Morgan fingerprint density at radius 1 is 1.36 bits per heavy atom. The second-order valence-corrected chi connectivity index (χ2v) is 2.12. The molecule has 2 rings (SSSR count).